The average Bonchev–Trinajstić information content (AvgIpc) is 2.58. The lowest BCUT2D eigenvalue weighted by Gasteiger charge is -2.42. The number of rotatable bonds is 7. The number of carboxylic acids is 1. The molecule has 0 radical (unpaired) electrons. The van der Waals surface area contributed by atoms with E-state index in [0.717, 1.165) is 24.8 Å². The van der Waals surface area contributed by atoms with Crippen molar-refractivity contribution in [2.75, 3.05) is 6.54 Å². The van der Waals surface area contributed by atoms with Crippen LogP contribution in [0.25, 0.3) is 0 Å². The summed E-state index contributed by atoms with van der Waals surface area (Å²) in [5, 5.41) is 12.1. The molecule has 1 fully saturated rings. The van der Waals surface area contributed by atoms with E-state index in [0.29, 0.717) is 6.54 Å². The predicted octanol–water partition coefficient (Wildman–Crippen LogP) is 3.46. The summed E-state index contributed by atoms with van der Waals surface area (Å²) < 4.78 is 0. The number of amides is 1. The van der Waals surface area contributed by atoms with E-state index in [9.17, 15) is 9.59 Å². The molecule has 2 N–H and O–H groups in total. The van der Waals surface area contributed by atoms with Gasteiger partial charge in [-0.05, 0) is 47.9 Å². The van der Waals surface area contributed by atoms with Gasteiger partial charge in [-0.25, -0.2) is 4.79 Å². The number of hydrogen-bond donors (Lipinski definition) is 2. The van der Waals surface area contributed by atoms with Crippen molar-refractivity contribution >= 4 is 11.9 Å². The van der Waals surface area contributed by atoms with E-state index in [-0.39, 0.29) is 23.3 Å². The molecule has 3 rings (SSSR count). The van der Waals surface area contributed by atoms with Gasteiger partial charge in [-0.15, -0.1) is 0 Å². The van der Waals surface area contributed by atoms with Crippen LogP contribution in [0.5, 0.6) is 0 Å². The van der Waals surface area contributed by atoms with Gasteiger partial charge < -0.3 is 10.4 Å². The number of aromatic carboxylic acids is 1. The third kappa shape index (κ3) is 4.47. The van der Waals surface area contributed by atoms with Gasteiger partial charge in [-0.3, -0.25) is 4.79 Å². The van der Waals surface area contributed by atoms with Crippen molar-refractivity contribution in [3.8, 4) is 0 Å². The van der Waals surface area contributed by atoms with Gasteiger partial charge in [0.15, 0.2) is 0 Å². The van der Waals surface area contributed by atoms with Crippen molar-refractivity contribution in [2.45, 2.75) is 32.1 Å². The van der Waals surface area contributed by atoms with Crippen molar-refractivity contribution in [1.29, 1.82) is 0 Å². The van der Waals surface area contributed by atoms with E-state index in [1.54, 1.807) is 18.2 Å². The quantitative estimate of drug-likeness (QED) is 0.813. The maximum Gasteiger partial charge on any atom is 0.335 e. The van der Waals surface area contributed by atoms with Crippen molar-refractivity contribution < 1.29 is 14.7 Å². The fourth-order valence-corrected chi connectivity index (χ4v) is 3.47. The third-order valence-corrected chi connectivity index (χ3v) is 5.04. The molecule has 2 aromatic rings. The highest BCUT2D eigenvalue weighted by atomic mass is 16.4. The molecule has 0 atom stereocenters. The molecule has 1 aliphatic carbocycles. The molecule has 1 aliphatic rings. The van der Waals surface area contributed by atoms with Gasteiger partial charge in [-0.1, -0.05) is 48.9 Å². The Balaban J connectivity index is 1.56. The van der Waals surface area contributed by atoms with Crippen LogP contribution in [0.1, 0.15) is 40.7 Å². The first-order valence-electron chi connectivity index (χ1n) is 8.69. The monoisotopic (exact) mass is 337 g/mol. The molecule has 0 aromatic heterocycles. The Kier molecular flexibility index (Phi) is 5.17. The molecule has 4 nitrogen and oxygen atoms in total. The van der Waals surface area contributed by atoms with Gasteiger partial charge in [0.25, 0.3) is 0 Å². The number of hydrogen-bond acceptors (Lipinski definition) is 2. The summed E-state index contributed by atoms with van der Waals surface area (Å²) in [6.07, 6.45) is 4.68. The summed E-state index contributed by atoms with van der Waals surface area (Å²) in [7, 11) is 0. The second-order valence-electron chi connectivity index (χ2n) is 6.97. The van der Waals surface area contributed by atoms with Gasteiger partial charge >= 0.3 is 5.97 Å². The Hall–Kier alpha value is -2.62. The summed E-state index contributed by atoms with van der Waals surface area (Å²) in [5.74, 6) is -1.03. The van der Waals surface area contributed by atoms with Crippen LogP contribution >= 0.6 is 0 Å². The minimum atomic E-state index is -0.974. The van der Waals surface area contributed by atoms with E-state index in [1.165, 1.54) is 18.1 Å². The van der Waals surface area contributed by atoms with Crippen LogP contribution in [-0.2, 0) is 17.6 Å². The van der Waals surface area contributed by atoms with Crippen molar-refractivity contribution in [3.63, 3.8) is 0 Å². The number of benzene rings is 2. The summed E-state index contributed by atoms with van der Waals surface area (Å²) in [4.78, 5) is 23.3. The van der Waals surface area contributed by atoms with Crippen molar-refractivity contribution in [3.05, 3.63) is 71.3 Å². The molecule has 0 unspecified atom stereocenters. The minimum absolute atomic E-state index is 0.0538. The first kappa shape index (κ1) is 17.2. The molecule has 0 heterocycles. The molecule has 0 saturated heterocycles. The van der Waals surface area contributed by atoms with Crippen molar-refractivity contribution in [1.82, 2.24) is 5.32 Å². The molecule has 1 saturated carbocycles. The van der Waals surface area contributed by atoms with Crippen LogP contribution in [0.2, 0.25) is 0 Å². The van der Waals surface area contributed by atoms with Crippen LogP contribution in [0.3, 0.4) is 0 Å². The topological polar surface area (TPSA) is 66.4 Å². The fraction of sp³-hybridized carbons (Fsp3) is 0.333. The molecule has 0 aliphatic heterocycles. The third-order valence-electron chi connectivity index (χ3n) is 5.04. The standard InChI is InChI=1S/C21H23NO3/c23-19(13-17-8-4-9-18(12-17)20(24)25)22-15-21(10-5-11-21)14-16-6-2-1-3-7-16/h1-4,6-9,12H,5,10-11,13-15H2,(H,22,23)(H,24,25). The van der Waals surface area contributed by atoms with Crippen LogP contribution in [0.4, 0.5) is 0 Å². The molecular formula is C21H23NO3. The summed E-state index contributed by atoms with van der Waals surface area (Å²) in [6.45, 7) is 0.680. The molecular weight excluding hydrogens is 314 g/mol. The lowest BCUT2D eigenvalue weighted by atomic mass is 9.65. The maximum atomic E-state index is 12.3. The first-order chi connectivity index (χ1) is 12.1. The highest BCUT2D eigenvalue weighted by Gasteiger charge is 2.37. The van der Waals surface area contributed by atoms with Gasteiger partial charge in [0, 0.05) is 6.54 Å². The molecule has 4 heteroatoms. The molecule has 1 amide bonds. The molecule has 0 bridgehead atoms. The Morgan fingerprint density at radius 1 is 1.00 bits per heavy atom. The largest absolute Gasteiger partial charge is 0.478 e. The van der Waals surface area contributed by atoms with Crippen molar-refractivity contribution in [2.24, 2.45) is 5.41 Å². The van der Waals surface area contributed by atoms with E-state index >= 15 is 0 Å². The molecule has 0 spiro atoms. The lowest BCUT2D eigenvalue weighted by Crippen LogP contribution is -2.44. The average molecular weight is 337 g/mol. The van der Waals surface area contributed by atoms with E-state index in [1.807, 2.05) is 6.07 Å². The van der Waals surface area contributed by atoms with Gasteiger partial charge in [0.2, 0.25) is 5.91 Å². The normalized spacial score (nSPS) is 15.2. The maximum absolute atomic E-state index is 12.3. The SMILES string of the molecule is O=C(Cc1cccc(C(=O)O)c1)NCC1(Cc2ccccc2)CCC1. The van der Waals surface area contributed by atoms with Gasteiger partial charge in [0.05, 0.1) is 12.0 Å². The smallest absolute Gasteiger partial charge is 0.335 e. The van der Waals surface area contributed by atoms with Crippen LogP contribution in [-0.4, -0.2) is 23.5 Å². The summed E-state index contributed by atoms with van der Waals surface area (Å²) in [5.41, 5.74) is 2.42. The second kappa shape index (κ2) is 7.51. The van der Waals surface area contributed by atoms with Crippen LogP contribution in [0, 0.1) is 5.41 Å². The Labute approximate surface area is 147 Å². The summed E-state index contributed by atoms with van der Waals surface area (Å²) in [6, 6.07) is 17.0. The zero-order valence-electron chi connectivity index (χ0n) is 14.2. The Morgan fingerprint density at radius 3 is 2.36 bits per heavy atom. The zero-order chi connectivity index (χ0) is 17.7. The van der Waals surface area contributed by atoms with E-state index in [2.05, 4.69) is 29.6 Å². The second-order valence-corrected chi connectivity index (χ2v) is 6.97. The molecule has 130 valence electrons. The Morgan fingerprint density at radius 2 is 1.72 bits per heavy atom. The minimum Gasteiger partial charge on any atom is -0.478 e. The van der Waals surface area contributed by atoms with E-state index in [4.69, 9.17) is 5.11 Å². The fourth-order valence-electron chi connectivity index (χ4n) is 3.47. The molecule has 25 heavy (non-hydrogen) atoms. The van der Waals surface area contributed by atoms with E-state index < -0.39 is 5.97 Å². The van der Waals surface area contributed by atoms with Crippen LogP contribution < -0.4 is 5.32 Å². The van der Waals surface area contributed by atoms with Crippen LogP contribution in [0.15, 0.2) is 54.6 Å². The lowest BCUT2D eigenvalue weighted by molar-refractivity contribution is -0.121. The number of carbonyl (C=O) groups is 2. The van der Waals surface area contributed by atoms with Gasteiger partial charge in [-0.2, -0.15) is 0 Å². The molecule has 2 aromatic carbocycles. The highest BCUT2D eigenvalue weighted by Crippen LogP contribution is 2.43. The Bertz CT molecular complexity index is 751. The number of carbonyl (C=O) groups excluding carboxylic acids is 1. The number of nitrogens with one attached hydrogen (secondary N) is 1. The number of carboxylic acid groups (broad SMARTS) is 1. The predicted molar refractivity (Wildman–Crippen MR) is 96.5 cm³/mol. The summed E-state index contributed by atoms with van der Waals surface area (Å²) >= 11 is 0. The zero-order valence-corrected chi connectivity index (χ0v) is 14.2. The first-order valence-corrected chi connectivity index (χ1v) is 8.69. The highest BCUT2D eigenvalue weighted by molar-refractivity contribution is 5.88. The van der Waals surface area contributed by atoms with Gasteiger partial charge in [0.1, 0.15) is 0 Å².